The van der Waals surface area contributed by atoms with Gasteiger partial charge in [0.05, 0.1) is 22.7 Å². The highest BCUT2D eigenvalue weighted by atomic mass is 32.2. The number of sulfonamides is 1. The van der Waals surface area contributed by atoms with Gasteiger partial charge in [-0.15, -0.1) is 0 Å². The van der Waals surface area contributed by atoms with Gasteiger partial charge in [-0.1, -0.05) is 38.1 Å². The summed E-state index contributed by atoms with van der Waals surface area (Å²) in [6.07, 6.45) is 0.705. The van der Waals surface area contributed by atoms with Crippen molar-refractivity contribution in [2.45, 2.75) is 83.9 Å². The van der Waals surface area contributed by atoms with Crippen LogP contribution in [0.5, 0.6) is 5.88 Å². The van der Waals surface area contributed by atoms with Gasteiger partial charge in [0.2, 0.25) is 11.8 Å². The summed E-state index contributed by atoms with van der Waals surface area (Å²) in [5.74, 6) is -0.0930. The SMILES string of the molecule is Cc1cccc(C)c1-c1cc2nc(n1)NS(=O)(=O)c1cccc(c1)C(=O)N(C1CCN(C(=O)OC(C)(C)C)C1)[C@H](CC(C)C)CO2.[HH]. The van der Waals surface area contributed by atoms with Crippen molar-refractivity contribution in [3.05, 3.63) is 65.2 Å². The highest BCUT2D eigenvalue weighted by Crippen LogP contribution is 2.31. The van der Waals surface area contributed by atoms with Crippen LogP contribution in [0.3, 0.4) is 0 Å². The minimum absolute atomic E-state index is 0. The lowest BCUT2D eigenvalue weighted by Gasteiger charge is -2.37. The van der Waals surface area contributed by atoms with E-state index in [2.05, 4.69) is 28.5 Å². The maximum atomic E-state index is 14.4. The maximum absolute atomic E-state index is 14.4. The Kier molecular flexibility index (Phi) is 9.30. The van der Waals surface area contributed by atoms with E-state index in [1.54, 1.807) is 28.0 Å². The van der Waals surface area contributed by atoms with Crippen LogP contribution in [0.4, 0.5) is 10.7 Å². The van der Waals surface area contributed by atoms with Gasteiger partial charge in [0, 0.05) is 31.7 Å². The molecule has 0 aliphatic carbocycles. The molecule has 3 heterocycles. The number of carbonyl (C=O) groups is 2. The second-order valence-electron chi connectivity index (χ2n) is 13.5. The van der Waals surface area contributed by atoms with E-state index in [9.17, 15) is 18.0 Å². The molecule has 12 heteroatoms. The number of hydrogen-bond acceptors (Lipinski definition) is 8. The molecular formula is C34H45N5O6S. The molecule has 4 bridgehead atoms. The predicted molar refractivity (Wildman–Crippen MR) is 177 cm³/mol. The predicted octanol–water partition coefficient (Wildman–Crippen LogP) is 6.07. The average molecular weight is 652 g/mol. The topological polar surface area (TPSA) is 131 Å². The number of ether oxygens (including phenoxy) is 2. The molecule has 11 nitrogen and oxygen atoms in total. The number of amides is 2. The van der Waals surface area contributed by atoms with Gasteiger partial charge in [-0.25, -0.2) is 22.9 Å². The Morgan fingerprint density at radius 3 is 2.48 bits per heavy atom. The molecule has 2 aliphatic rings. The standard InChI is InChI=1S/C34H43N5O6S.H2/c1-21(2)16-26-20-44-29-18-28(30-22(3)10-8-11-23(30)4)35-32(36-29)37-46(42,43)27-13-9-12-24(17-27)31(40)39(26)25-14-15-38(19-25)33(41)45-34(5,6)7;/h8-13,17-18,21,25-26H,14-16,19-20H2,1-7H3,(H,35,36,37);1H/t25?,26-;/m1./s1. The lowest BCUT2D eigenvalue weighted by Crippen LogP contribution is -2.51. The Labute approximate surface area is 272 Å². The van der Waals surface area contributed by atoms with Crippen LogP contribution in [0.2, 0.25) is 0 Å². The van der Waals surface area contributed by atoms with Gasteiger partial charge < -0.3 is 19.3 Å². The summed E-state index contributed by atoms with van der Waals surface area (Å²) >= 11 is 0. The molecule has 1 saturated heterocycles. The summed E-state index contributed by atoms with van der Waals surface area (Å²) < 4.78 is 41.7. The molecule has 0 saturated carbocycles. The van der Waals surface area contributed by atoms with Crippen LogP contribution >= 0.6 is 0 Å². The third kappa shape index (κ3) is 7.43. The molecule has 0 spiro atoms. The van der Waals surface area contributed by atoms with E-state index in [-0.39, 0.29) is 54.7 Å². The van der Waals surface area contributed by atoms with E-state index in [4.69, 9.17) is 9.47 Å². The van der Waals surface area contributed by atoms with Crippen molar-refractivity contribution in [1.29, 1.82) is 0 Å². The number of aromatic nitrogens is 2. The molecule has 2 amide bonds. The fourth-order valence-electron chi connectivity index (χ4n) is 6.09. The Hall–Kier alpha value is -4.19. The van der Waals surface area contributed by atoms with E-state index in [0.29, 0.717) is 25.1 Å². The fraction of sp³-hybridized carbons (Fsp3) is 0.471. The van der Waals surface area contributed by atoms with Crippen LogP contribution in [0.15, 0.2) is 53.4 Å². The highest BCUT2D eigenvalue weighted by Gasteiger charge is 2.39. The molecule has 248 valence electrons. The summed E-state index contributed by atoms with van der Waals surface area (Å²) in [4.78, 5) is 39.7. The van der Waals surface area contributed by atoms with Crippen molar-refractivity contribution in [3.8, 4) is 17.1 Å². The van der Waals surface area contributed by atoms with Gasteiger partial charge >= 0.3 is 6.09 Å². The van der Waals surface area contributed by atoms with Gasteiger partial charge in [0.1, 0.15) is 12.2 Å². The van der Waals surface area contributed by atoms with E-state index >= 15 is 0 Å². The third-order valence-electron chi connectivity index (χ3n) is 8.06. The lowest BCUT2D eigenvalue weighted by molar-refractivity contribution is 0.0246. The van der Waals surface area contributed by atoms with Crippen LogP contribution in [0, 0.1) is 19.8 Å². The molecule has 46 heavy (non-hydrogen) atoms. The monoisotopic (exact) mass is 651 g/mol. The molecule has 3 aromatic rings. The maximum Gasteiger partial charge on any atom is 0.410 e. The fourth-order valence-corrected chi connectivity index (χ4v) is 7.08. The van der Waals surface area contributed by atoms with Crippen LogP contribution < -0.4 is 9.46 Å². The number of anilines is 1. The second-order valence-corrected chi connectivity index (χ2v) is 15.2. The van der Waals surface area contributed by atoms with Crippen molar-refractivity contribution in [3.63, 3.8) is 0 Å². The third-order valence-corrected chi connectivity index (χ3v) is 9.39. The van der Waals surface area contributed by atoms with Crippen molar-refractivity contribution in [1.82, 2.24) is 19.8 Å². The molecule has 1 N–H and O–H groups in total. The molecule has 2 atom stereocenters. The summed E-state index contributed by atoms with van der Waals surface area (Å²) in [7, 11) is -4.18. The summed E-state index contributed by atoms with van der Waals surface area (Å²) in [5.41, 5.74) is 2.86. The van der Waals surface area contributed by atoms with E-state index in [0.717, 1.165) is 16.7 Å². The number of fused-ring (bicyclic) bond motifs is 4. The van der Waals surface area contributed by atoms with Crippen molar-refractivity contribution in [2.24, 2.45) is 5.92 Å². The lowest BCUT2D eigenvalue weighted by atomic mass is 9.99. The normalized spacial score (nSPS) is 19.9. The zero-order valence-corrected chi connectivity index (χ0v) is 28.3. The Balaban J connectivity index is 0.00000500. The number of carbonyl (C=O) groups excluding carboxylic acids is 2. The van der Waals surface area contributed by atoms with E-state index < -0.39 is 27.8 Å². The number of likely N-dealkylation sites (tertiary alicyclic amines) is 1. The molecule has 2 aromatic carbocycles. The Bertz CT molecular complexity index is 1720. The van der Waals surface area contributed by atoms with E-state index in [1.807, 2.05) is 52.8 Å². The molecule has 0 radical (unpaired) electrons. The van der Waals surface area contributed by atoms with Crippen molar-refractivity contribution >= 4 is 28.0 Å². The van der Waals surface area contributed by atoms with Crippen LogP contribution in [-0.2, 0) is 14.8 Å². The Morgan fingerprint density at radius 1 is 1.11 bits per heavy atom. The molecule has 2 aliphatic heterocycles. The number of rotatable bonds is 4. The zero-order valence-electron chi connectivity index (χ0n) is 27.5. The summed E-state index contributed by atoms with van der Waals surface area (Å²) in [5, 5.41) is 0. The smallest absolute Gasteiger partial charge is 0.410 e. The first-order valence-electron chi connectivity index (χ1n) is 15.6. The van der Waals surface area contributed by atoms with Crippen LogP contribution in [-0.4, -0.2) is 77.6 Å². The second kappa shape index (κ2) is 12.9. The average Bonchev–Trinajstić information content (AvgIpc) is 3.44. The first kappa shape index (κ1) is 33.2. The summed E-state index contributed by atoms with van der Waals surface area (Å²) in [6, 6.07) is 12.8. The first-order chi connectivity index (χ1) is 21.6. The van der Waals surface area contributed by atoms with Crippen LogP contribution in [0.25, 0.3) is 11.3 Å². The minimum atomic E-state index is -4.18. The first-order valence-corrected chi connectivity index (χ1v) is 17.1. The molecule has 5 rings (SSSR count). The quantitative estimate of drug-likeness (QED) is 0.360. The number of benzene rings is 2. The largest absolute Gasteiger partial charge is 0.475 e. The van der Waals surface area contributed by atoms with Gasteiger partial charge in [-0.2, -0.15) is 4.98 Å². The molecule has 1 unspecified atom stereocenters. The number of aryl methyl sites for hydroxylation is 2. The van der Waals surface area contributed by atoms with Gasteiger partial charge in [0.15, 0.2) is 0 Å². The molecule has 1 aromatic heterocycles. The van der Waals surface area contributed by atoms with Crippen molar-refractivity contribution < 1.29 is 28.9 Å². The van der Waals surface area contributed by atoms with Crippen molar-refractivity contribution in [2.75, 3.05) is 24.4 Å². The van der Waals surface area contributed by atoms with Gasteiger partial charge in [0.25, 0.3) is 15.9 Å². The minimum Gasteiger partial charge on any atom is -0.475 e. The van der Waals surface area contributed by atoms with Crippen LogP contribution in [0.1, 0.15) is 70.4 Å². The molecular weight excluding hydrogens is 606 g/mol. The zero-order chi connectivity index (χ0) is 33.4. The van der Waals surface area contributed by atoms with Gasteiger partial charge in [-0.05, 0) is 82.7 Å². The summed E-state index contributed by atoms with van der Waals surface area (Å²) in [6.45, 7) is 14.3. The number of nitrogens with one attached hydrogen (secondary N) is 1. The van der Waals surface area contributed by atoms with Gasteiger partial charge in [-0.3, -0.25) is 4.79 Å². The highest BCUT2D eigenvalue weighted by molar-refractivity contribution is 7.92. The Morgan fingerprint density at radius 2 is 1.80 bits per heavy atom. The van der Waals surface area contributed by atoms with E-state index in [1.165, 1.54) is 12.1 Å². The molecule has 1 fully saturated rings. The number of hydrogen-bond donors (Lipinski definition) is 1. The number of nitrogens with zero attached hydrogens (tertiary/aromatic N) is 4.